The summed E-state index contributed by atoms with van der Waals surface area (Å²) in [5.74, 6) is 1.67. The van der Waals surface area contributed by atoms with Gasteiger partial charge in [0.1, 0.15) is 0 Å². The second kappa shape index (κ2) is 4.96. The van der Waals surface area contributed by atoms with Crippen molar-refractivity contribution in [2.75, 3.05) is 27.3 Å². The van der Waals surface area contributed by atoms with Crippen molar-refractivity contribution in [2.24, 2.45) is 0 Å². The highest BCUT2D eigenvalue weighted by Crippen LogP contribution is 2.49. The van der Waals surface area contributed by atoms with Gasteiger partial charge in [0.25, 0.3) is 0 Å². The molecule has 1 fully saturated rings. The molecule has 0 atom stereocenters. The quantitative estimate of drug-likeness (QED) is 0.821. The zero-order valence-electron chi connectivity index (χ0n) is 10.9. The maximum atomic E-state index is 5.62. The van der Waals surface area contributed by atoms with Crippen LogP contribution in [-0.4, -0.2) is 27.3 Å². The summed E-state index contributed by atoms with van der Waals surface area (Å²) in [4.78, 5) is 0. The van der Waals surface area contributed by atoms with Crippen LogP contribution in [0.15, 0.2) is 18.2 Å². The molecule has 17 heavy (non-hydrogen) atoms. The molecule has 2 rings (SSSR count). The van der Waals surface area contributed by atoms with E-state index in [2.05, 4.69) is 17.4 Å². The van der Waals surface area contributed by atoms with E-state index in [1.807, 2.05) is 20.0 Å². The standard InChI is InChI=1S/C14H21NO2/c1-4-17-13-9-11(5-6-12(13)16-3)14(7-8-14)10-15-2/h5-6,9,15H,4,7-8,10H2,1-3H3. The Morgan fingerprint density at radius 1 is 1.29 bits per heavy atom. The minimum atomic E-state index is 0.326. The minimum Gasteiger partial charge on any atom is -0.493 e. The predicted octanol–water partition coefficient (Wildman–Crippen LogP) is 2.34. The summed E-state index contributed by atoms with van der Waals surface area (Å²) in [6, 6.07) is 6.30. The summed E-state index contributed by atoms with van der Waals surface area (Å²) >= 11 is 0. The number of likely N-dealkylation sites (N-methyl/N-ethyl adjacent to an activating group) is 1. The van der Waals surface area contributed by atoms with Crippen molar-refractivity contribution in [3.05, 3.63) is 23.8 Å². The number of nitrogens with one attached hydrogen (secondary N) is 1. The molecule has 3 nitrogen and oxygen atoms in total. The lowest BCUT2D eigenvalue weighted by Crippen LogP contribution is -2.23. The number of ether oxygens (including phenoxy) is 2. The van der Waals surface area contributed by atoms with Gasteiger partial charge < -0.3 is 14.8 Å². The summed E-state index contributed by atoms with van der Waals surface area (Å²) in [6.07, 6.45) is 2.51. The molecule has 1 aromatic rings. The summed E-state index contributed by atoms with van der Waals surface area (Å²) in [5.41, 5.74) is 1.68. The summed E-state index contributed by atoms with van der Waals surface area (Å²) in [6.45, 7) is 3.69. The van der Waals surface area contributed by atoms with Crippen molar-refractivity contribution in [3.63, 3.8) is 0 Å². The lowest BCUT2D eigenvalue weighted by molar-refractivity contribution is 0.310. The molecule has 0 aromatic heterocycles. The van der Waals surface area contributed by atoms with Crippen LogP contribution < -0.4 is 14.8 Å². The Bertz CT molecular complexity index is 386. The lowest BCUT2D eigenvalue weighted by Gasteiger charge is -2.17. The van der Waals surface area contributed by atoms with Gasteiger partial charge in [-0.2, -0.15) is 0 Å². The van der Waals surface area contributed by atoms with E-state index in [1.165, 1.54) is 18.4 Å². The van der Waals surface area contributed by atoms with Crippen LogP contribution in [0.1, 0.15) is 25.3 Å². The molecule has 3 heteroatoms. The smallest absolute Gasteiger partial charge is 0.161 e. The molecule has 1 saturated carbocycles. The molecule has 1 N–H and O–H groups in total. The first-order valence-corrected chi connectivity index (χ1v) is 6.21. The van der Waals surface area contributed by atoms with Crippen molar-refractivity contribution >= 4 is 0 Å². The third-order valence-corrected chi connectivity index (χ3v) is 3.44. The summed E-state index contributed by atoms with van der Waals surface area (Å²) in [7, 11) is 3.69. The molecule has 0 spiro atoms. The fourth-order valence-electron chi connectivity index (χ4n) is 2.33. The second-order valence-electron chi connectivity index (χ2n) is 4.61. The van der Waals surface area contributed by atoms with Gasteiger partial charge in [0, 0.05) is 12.0 Å². The molecule has 0 amide bonds. The van der Waals surface area contributed by atoms with Gasteiger partial charge in [-0.25, -0.2) is 0 Å². The van der Waals surface area contributed by atoms with E-state index in [0.29, 0.717) is 12.0 Å². The van der Waals surface area contributed by atoms with E-state index in [4.69, 9.17) is 9.47 Å². The maximum Gasteiger partial charge on any atom is 0.161 e. The van der Waals surface area contributed by atoms with Crippen molar-refractivity contribution in [2.45, 2.75) is 25.2 Å². The van der Waals surface area contributed by atoms with Crippen LogP contribution in [-0.2, 0) is 5.41 Å². The van der Waals surface area contributed by atoms with Gasteiger partial charge in [0.2, 0.25) is 0 Å². The number of rotatable bonds is 6. The Labute approximate surface area is 103 Å². The van der Waals surface area contributed by atoms with Crippen molar-refractivity contribution < 1.29 is 9.47 Å². The van der Waals surface area contributed by atoms with Gasteiger partial charge in [0.05, 0.1) is 13.7 Å². The fraction of sp³-hybridized carbons (Fsp3) is 0.571. The zero-order chi connectivity index (χ0) is 12.3. The van der Waals surface area contributed by atoms with E-state index in [-0.39, 0.29) is 0 Å². The van der Waals surface area contributed by atoms with Crippen LogP contribution in [0.3, 0.4) is 0 Å². The van der Waals surface area contributed by atoms with Crippen molar-refractivity contribution in [3.8, 4) is 11.5 Å². The van der Waals surface area contributed by atoms with E-state index in [1.54, 1.807) is 7.11 Å². The molecule has 1 aliphatic rings. The van der Waals surface area contributed by atoms with E-state index in [9.17, 15) is 0 Å². The van der Waals surface area contributed by atoms with E-state index < -0.39 is 0 Å². The van der Waals surface area contributed by atoms with Crippen LogP contribution >= 0.6 is 0 Å². The minimum absolute atomic E-state index is 0.326. The average Bonchev–Trinajstić information content (AvgIpc) is 3.11. The van der Waals surface area contributed by atoms with Gasteiger partial charge in [0.15, 0.2) is 11.5 Å². The molecule has 0 bridgehead atoms. The molecule has 0 saturated heterocycles. The van der Waals surface area contributed by atoms with Gasteiger partial charge in [-0.1, -0.05) is 6.07 Å². The highest BCUT2D eigenvalue weighted by atomic mass is 16.5. The van der Waals surface area contributed by atoms with Gasteiger partial charge in [-0.15, -0.1) is 0 Å². The Hall–Kier alpha value is -1.22. The normalized spacial score (nSPS) is 16.6. The Balaban J connectivity index is 2.27. The van der Waals surface area contributed by atoms with Crippen LogP contribution in [0.4, 0.5) is 0 Å². The fourth-order valence-corrected chi connectivity index (χ4v) is 2.33. The van der Waals surface area contributed by atoms with Crippen molar-refractivity contribution in [1.29, 1.82) is 0 Å². The van der Waals surface area contributed by atoms with Gasteiger partial charge in [-0.3, -0.25) is 0 Å². The number of hydrogen-bond acceptors (Lipinski definition) is 3. The van der Waals surface area contributed by atoms with E-state index >= 15 is 0 Å². The molecule has 0 unspecified atom stereocenters. The molecule has 0 aliphatic heterocycles. The van der Waals surface area contributed by atoms with Crippen LogP contribution in [0.25, 0.3) is 0 Å². The SMILES string of the molecule is CCOc1cc(C2(CNC)CC2)ccc1OC. The highest BCUT2D eigenvalue weighted by molar-refractivity contribution is 5.47. The third kappa shape index (κ3) is 2.39. The van der Waals surface area contributed by atoms with Crippen LogP contribution in [0, 0.1) is 0 Å². The van der Waals surface area contributed by atoms with Crippen molar-refractivity contribution in [1.82, 2.24) is 5.32 Å². The lowest BCUT2D eigenvalue weighted by atomic mass is 9.95. The second-order valence-corrected chi connectivity index (χ2v) is 4.61. The first-order valence-electron chi connectivity index (χ1n) is 6.21. The number of methoxy groups -OCH3 is 1. The van der Waals surface area contributed by atoms with Gasteiger partial charge in [-0.05, 0) is 44.5 Å². The molecule has 94 valence electrons. The highest BCUT2D eigenvalue weighted by Gasteiger charge is 2.43. The molecule has 0 radical (unpaired) electrons. The van der Waals surface area contributed by atoms with Crippen LogP contribution in [0.5, 0.6) is 11.5 Å². The summed E-state index contributed by atoms with van der Waals surface area (Å²) < 4.78 is 10.9. The number of hydrogen-bond donors (Lipinski definition) is 1. The molecular weight excluding hydrogens is 214 g/mol. The van der Waals surface area contributed by atoms with Gasteiger partial charge >= 0.3 is 0 Å². The molecular formula is C14H21NO2. The first kappa shape index (κ1) is 12.2. The largest absolute Gasteiger partial charge is 0.493 e. The third-order valence-electron chi connectivity index (χ3n) is 3.44. The number of benzene rings is 1. The average molecular weight is 235 g/mol. The molecule has 1 aliphatic carbocycles. The summed E-state index contributed by atoms with van der Waals surface area (Å²) in [5, 5.41) is 3.28. The monoisotopic (exact) mass is 235 g/mol. The first-order chi connectivity index (χ1) is 8.25. The Morgan fingerprint density at radius 2 is 2.06 bits per heavy atom. The molecule has 0 heterocycles. The maximum absolute atomic E-state index is 5.62. The Morgan fingerprint density at radius 3 is 2.59 bits per heavy atom. The topological polar surface area (TPSA) is 30.5 Å². The van der Waals surface area contributed by atoms with E-state index in [0.717, 1.165) is 18.0 Å². The molecule has 1 aromatic carbocycles. The zero-order valence-corrected chi connectivity index (χ0v) is 10.9. The van der Waals surface area contributed by atoms with Crippen LogP contribution in [0.2, 0.25) is 0 Å². The Kier molecular flexibility index (Phi) is 3.57. The predicted molar refractivity (Wildman–Crippen MR) is 69.0 cm³/mol.